The molecule has 1 N–H and O–H groups in total. The molecule has 0 bridgehead atoms. The molecule has 1 amide bonds. The van der Waals surface area contributed by atoms with Gasteiger partial charge in [-0.15, -0.1) is 11.8 Å². The Kier molecular flexibility index (Phi) is 5.43. The third-order valence-corrected chi connectivity index (χ3v) is 6.08. The van der Waals surface area contributed by atoms with E-state index < -0.39 is 0 Å². The lowest BCUT2D eigenvalue weighted by atomic mass is 10.1. The summed E-state index contributed by atoms with van der Waals surface area (Å²) < 4.78 is 16.6. The van der Waals surface area contributed by atoms with Gasteiger partial charge in [0.15, 0.2) is 0 Å². The van der Waals surface area contributed by atoms with E-state index in [4.69, 9.17) is 0 Å². The highest BCUT2D eigenvalue weighted by Gasteiger charge is 2.17. The number of aromatic nitrogens is 3. The van der Waals surface area contributed by atoms with Crippen LogP contribution >= 0.6 is 11.8 Å². The van der Waals surface area contributed by atoms with Crippen LogP contribution in [0.3, 0.4) is 0 Å². The fraction of sp³-hybridized carbons (Fsp3) is 0.0800. The second kappa shape index (κ2) is 8.55. The molecule has 2 heterocycles. The van der Waals surface area contributed by atoms with Crippen molar-refractivity contribution >= 4 is 40.2 Å². The van der Waals surface area contributed by atoms with Crippen molar-refractivity contribution in [2.75, 3.05) is 11.6 Å². The molecule has 0 saturated carbocycles. The number of amides is 1. The van der Waals surface area contributed by atoms with Gasteiger partial charge in [-0.3, -0.25) is 9.59 Å². The van der Waals surface area contributed by atoms with Crippen molar-refractivity contribution in [2.45, 2.75) is 11.4 Å². The Labute approximate surface area is 192 Å². The van der Waals surface area contributed by atoms with Crippen LogP contribution in [-0.4, -0.2) is 26.1 Å². The number of benzene rings is 3. The first-order valence-corrected chi connectivity index (χ1v) is 11.5. The molecule has 0 aliphatic carbocycles. The Balaban J connectivity index is 1.61. The highest BCUT2D eigenvalue weighted by Crippen LogP contribution is 2.23. The van der Waals surface area contributed by atoms with Crippen LogP contribution in [0, 0.1) is 5.82 Å². The molecule has 164 valence electrons. The summed E-state index contributed by atoms with van der Waals surface area (Å²) in [5.41, 5.74) is 2.83. The number of para-hydroxylation sites is 2. The molecule has 3 aromatic carbocycles. The summed E-state index contributed by atoms with van der Waals surface area (Å²) in [6.07, 6.45) is 1.97. The number of thioether (sulfide) groups is 1. The van der Waals surface area contributed by atoms with Gasteiger partial charge in [-0.1, -0.05) is 18.2 Å². The molecule has 8 heteroatoms. The van der Waals surface area contributed by atoms with Crippen molar-refractivity contribution in [3.63, 3.8) is 0 Å². The van der Waals surface area contributed by atoms with E-state index in [0.717, 1.165) is 4.90 Å². The molecule has 0 aliphatic rings. The predicted octanol–water partition coefficient (Wildman–Crippen LogP) is 4.82. The third-order valence-electron chi connectivity index (χ3n) is 5.35. The number of anilines is 1. The number of carbonyl (C=O) groups excluding carboxylic acids is 1. The average Bonchev–Trinajstić information content (AvgIpc) is 3.13. The van der Waals surface area contributed by atoms with Gasteiger partial charge in [0, 0.05) is 22.2 Å². The monoisotopic (exact) mass is 458 g/mol. The van der Waals surface area contributed by atoms with Gasteiger partial charge in [0.1, 0.15) is 12.4 Å². The van der Waals surface area contributed by atoms with E-state index in [9.17, 15) is 14.0 Å². The van der Waals surface area contributed by atoms with Crippen molar-refractivity contribution in [3.8, 4) is 11.3 Å². The third kappa shape index (κ3) is 4.01. The van der Waals surface area contributed by atoms with Crippen LogP contribution in [0.15, 0.2) is 88.6 Å². The zero-order valence-electron chi connectivity index (χ0n) is 17.7. The van der Waals surface area contributed by atoms with Crippen molar-refractivity contribution in [2.24, 2.45) is 0 Å². The normalized spacial score (nSPS) is 11.2. The van der Waals surface area contributed by atoms with E-state index >= 15 is 0 Å². The minimum absolute atomic E-state index is 0.0280. The predicted molar refractivity (Wildman–Crippen MR) is 129 cm³/mol. The van der Waals surface area contributed by atoms with Crippen molar-refractivity contribution in [3.05, 3.63) is 95.0 Å². The lowest BCUT2D eigenvalue weighted by molar-refractivity contribution is -0.116. The number of imidazole rings is 1. The molecule has 0 unspecified atom stereocenters. The fourth-order valence-electron chi connectivity index (χ4n) is 3.84. The molecule has 5 aromatic rings. The van der Waals surface area contributed by atoms with Gasteiger partial charge in [-0.05, 0) is 60.9 Å². The van der Waals surface area contributed by atoms with Gasteiger partial charge in [0.25, 0.3) is 5.56 Å². The molecule has 2 aromatic heterocycles. The quantitative estimate of drug-likeness (QED) is 0.384. The van der Waals surface area contributed by atoms with Gasteiger partial charge in [0.2, 0.25) is 11.7 Å². The van der Waals surface area contributed by atoms with Crippen LogP contribution in [0.2, 0.25) is 0 Å². The molecule has 5 rings (SSSR count). The second-order valence-electron chi connectivity index (χ2n) is 7.48. The molecule has 0 spiro atoms. The fourth-order valence-corrected chi connectivity index (χ4v) is 4.30. The second-order valence-corrected chi connectivity index (χ2v) is 8.36. The number of hydrogen-bond donors (Lipinski definition) is 1. The summed E-state index contributed by atoms with van der Waals surface area (Å²) in [5, 5.41) is 2.92. The molecule has 0 radical (unpaired) electrons. The molecular weight excluding hydrogens is 439 g/mol. The van der Waals surface area contributed by atoms with Crippen LogP contribution < -0.4 is 10.9 Å². The minimum Gasteiger partial charge on any atom is -0.324 e. The summed E-state index contributed by atoms with van der Waals surface area (Å²) in [7, 11) is 0. The smallest absolute Gasteiger partial charge is 0.260 e. The number of carbonyl (C=O) groups is 1. The maximum Gasteiger partial charge on any atom is 0.260 e. The number of rotatable bonds is 5. The maximum absolute atomic E-state index is 13.4. The number of fused-ring (bicyclic) bond motifs is 3. The number of hydrogen-bond acceptors (Lipinski definition) is 4. The van der Waals surface area contributed by atoms with E-state index in [2.05, 4.69) is 10.3 Å². The van der Waals surface area contributed by atoms with Crippen molar-refractivity contribution in [1.29, 1.82) is 0 Å². The van der Waals surface area contributed by atoms with E-state index in [1.165, 1.54) is 22.6 Å². The van der Waals surface area contributed by atoms with Gasteiger partial charge >= 0.3 is 0 Å². The van der Waals surface area contributed by atoms with E-state index in [0.29, 0.717) is 33.8 Å². The average molecular weight is 459 g/mol. The standard InChI is InChI=1S/C25H19FN4O2S/c1-33-19-6-4-5-18(13-19)27-23(31)15-29-21-7-2-3-8-22(21)30-24(32)14-20(28-25(29)30)16-9-11-17(26)12-10-16/h2-14H,15H2,1H3,(H,27,31). The zero-order chi connectivity index (χ0) is 22.9. The highest BCUT2D eigenvalue weighted by atomic mass is 32.2. The van der Waals surface area contributed by atoms with Crippen LogP contribution in [-0.2, 0) is 11.3 Å². The van der Waals surface area contributed by atoms with E-state index in [1.54, 1.807) is 28.5 Å². The van der Waals surface area contributed by atoms with E-state index in [-0.39, 0.29) is 23.8 Å². The van der Waals surface area contributed by atoms with E-state index in [1.807, 2.05) is 54.8 Å². The lowest BCUT2D eigenvalue weighted by Gasteiger charge is -2.09. The van der Waals surface area contributed by atoms with Crippen LogP contribution in [0.25, 0.3) is 28.1 Å². The van der Waals surface area contributed by atoms with Crippen LogP contribution in [0.5, 0.6) is 0 Å². The van der Waals surface area contributed by atoms with Gasteiger partial charge in [0.05, 0.1) is 16.7 Å². The van der Waals surface area contributed by atoms with Crippen molar-refractivity contribution < 1.29 is 9.18 Å². The summed E-state index contributed by atoms with van der Waals surface area (Å²) in [4.78, 5) is 31.7. The first-order valence-electron chi connectivity index (χ1n) is 10.2. The highest BCUT2D eigenvalue weighted by molar-refractivity contribution is 7.98. The van der Waals surface area contributed by atoms with Crippen molar-refractivity contribution in [1.82, 2.24) is 14.0 Å². The SMILES string of the molecule is CSc1cccc(NC(=O)Cn2c3ccccc3n3c(=O)cc(-c4ccc(F)cc4)nc23)c1. The van der Waals surface area contributed by atoms with Crippen LogP contribution in [0.1, 0.15) is 0 Å². The Morgan fingerprint density at radius 2 is 1.76 bits per heavy atom. The van der Waals surface area contributed by atoms with Gasteiger partial charge in [-0.2, -0.15) is 0 Å². The Hall–Kier alpha value is -3.91. The Bertz CT molecular complexity index is 1560. The zero-order valence-corrected chi connectivity index (χ0v) is 18.5. The molecule has 0 saturated heterocycles. The van der Waals surface area contributed by atoms with Gasteiger partial charge in [-0.25, -0.2) is 13.8 Å². The number of nitrogens with zero attached hydrogens (tertiary/aromatic N) is 3. The molecule has 6 nitrogen and oxygen atoms in total. The molecule has 0 atom stereocenters. The lowest BCUT2D eigenvalue weighted by Crippen LogP contribution is -2.20. The topological polar surface area (TPSA) is 68.4 Å². The molecule has 0 fully saturated rings. The first kappa shape index (κ1) is 21.0. The van der Waals surface area contributed by atoms with Crippen LogP contribution in [0.4, 0.5) is 10.1 Å². The maximum atomic E-state index is 13.4. The summed E-state index contributed by atoms with van der Waals surface area (Å²) in [5.74, 6) is -0.262. The number of halogens is 1. The molecular formula is C25H19FN4O2S. The van der Waals surface area contributed by atoms with Gasteiger partial charge < -0.3 is 9.88 Å². The first-order chi connectivity index (χ1) is 16.0. The summed E-state index contributed by atoms with van der Waals surface area (Å²) >= 11 is 1.59. The Morgan fingerprint density at radius 3 is 2.52 bits per heavy atom. The number of nitrogens with one attached hydrogen (secondary N) is 1. The summed E-state index contributed by atoms with van der Waals surface area (Å²) in [6, 6.07) is 22.2. The molecule has 0 aliphatic heterocycles. The Morgan fingerprint density at radius 1 is 1.00 bits per heavy atom. The summed E-state index contributed by atoms with van der Waals surface area (Å²) in [6.45, 7) is -0.0280. The molecule has 33 heavy (non-hydrogen) atoms. The largest absolute Gasteiger partial charge is 0.324 e. The minimum atomic E-state index is -0.368.